The highest BCUT2D eigenvalue weighted by molar-refractivity contribution is 5.86. The molecule has 0 N–H and O–H groups in total. The molecule has 0 unspecified atom stereocenters. The Bertz CT molecular complexity index is 2090. The van der Waals surface area contributed by atoms with Crippen molar-refractivity contribution in [3.8, 4) is 28.3 Å². The van der Waals surface area contributed by atoms with Crippen molar-refractivity contribution in [2.75, 3.05) is 0 Å². The molecule has 0 atom stereocenters. The quantitative estimate of drug-likeness (QED) is 0.128. The van der Waals surface area contributed by atoms with Gasteiger partial charge in [0.05, 0.1) is 27.6 Å². The number of aryl methyl sites for hydroxylation is 2. The third-order valence-electron chi connectivity index (χ3n) is 7.84. The second kappa shape index (κ2) is 12.2. The van der Waals surface area contributed by atoms with Crippen LogP contribution in [0.3, 0.4) is 0 Å². The van der Waals surface area contributed by atoms with Crippen molar-refractivity contribution in [2.24, 2.45) is 7.05 Å². The fourth-order valence-corrected chi connectivity index (χ4v) is 5.66. The summed E-state index contributed by atoms with van der Waals surface area (Å²) in [4.78, 5) is 21.9. The van der Waals surface area contributed by atoms with E-state index in [9.17, 15) is 18.0 Å². The summed E-state index contributed by atoms with van der Waals surface area (Å²) in [7, 11) is 1.81. The minimum Gasteiger partial charge on any atom is -0.428 e. The number of carbonyl (C=O) groups is 1. The molecule has 47 heavy (non-hydrogen) atoms. The van der Waals surface area contributed by atoms with Crippen LogP contribution in [0, 0.1) is 0 Å². The van der Waals surface area contributed by atoms with Gasteiger partial charge >= 0.3 is 12.3 Å². The molecule has 0 amide bonds. The summed E-state index contributed by atoms with van der Waals surface area (Å²) in [6, 6.07) is 24.9. The lowest BCUT2D eigenvalue weighted by Crippen LogP contribution is -2.26. The van der Waals surface area contributed by atoms with Gasteiger partial charge in [0.15, 0.2) is 0 Å². The Hall–Kier alpha value is -5.12. The molecule has 7 nitrogen and oxygen atoms in total. The average molecular weight is 641 g/mol. The van der Waals surface area contributed by atoms with Crippen LogP contribution >= 0.6 is 0 Å². The number of nitrogens with zero attached hydrogens (tertiary/aromatic N) is 4. The first-order valence-corrected chi connectivity index (χ1v) is 15.4. The summed E-state index contributed by atoms with van der Waals surface area (Å²) in [6.45, 7) is 8.01. The summed E-state index contributed by atoms with van der Waals surface area (Å²) in [5.41, 5.74) is 4.73. The Morgan fingerprint density at radius 3 is 2.26 bits per heavy atom. The smallest absolute Gasteiger partial charge is 0.428 e. The normalized spacial score (nSPS) is 12.2. The molecule has 0 radical (unpaired) electrons. The van der Waals surface area contributed by atoms with E-state index in [4.69, 9.17) is 14.5 Å². The molecule has 0 fully saturated rings. The lowest BCUT2D eigenvalue weighted by atomic mass is 10.0. The molecule has 0 saturated carbocycles. The molecule has 2 aromatic heterocycles. The van der Waals surface area contributed by atoms with Gasteiger partial charge in [0.25, 0.3) is 0 Å². The van der Waals surface area contributed by atoms with E-state index >= 15 is 0 Å². The fraction of sp³-hybridized carbons (Fsp3) is 0.270. The van der Waals surface area contributed by atoms with E-state index in [0.717, 1.165) is 64.1 Å². The number of rotatable bonds is 7. The number of hydrogen-bond donors (Lipinski definition) is 0. The van der Waals surface area contributed by atoms with Gasteiger partial charge in [0.1, 0.15) is 23.0 Å². The Morgan fingerprint density at radius 1 is 0.830 bits per heavy atom. The van der Waals surface area contributed by atoms with Gasteiger partial charge in [0, 0.05) is 31.1 Å². The molecule has 6 aromatic rings. The Kier molecular flexibility index (Phi) is 8.29. The lowest BCUT2D eigenvalue weighted by Gasteiger charge is -2.19. The van der Waals surface area contributed by atoms with Crippen LogP contribution in [-0.2, 0) is 30.9 Å². The van der Waals surface area contributed by atoms with Gasteiger partial charge in [-0.1, -0.05) is 49.4 Å². The van der Waals surface area contributed by atoms with Crippen molar-refractivity contribution in [3.63, 3.8) is 0 Å². The predicted octanol–water partition coefficient (Wildman–Crippen LogP) is 9.59. The number of ether oxygens (including phenoxy) is 2. The van der Waals surface area contributed by atoms with E-state index in [2.05, 4.69) is 16.5 Å². The Labute approximate surface area is 270 Å². The topological polar surface area (TPSA) is 71.2 Å². The number of carbonyl (C=O) groups excluding carboxylic acids is 1. The number of imidazole rings is 2. The minimum atomic E-state index is -4.44. The van der Waals surface area contributed by atoms with Crippen molar-refractivity contribution >= 4 is 28.2 Å². The van der Waals surface area contributed by atoms with Crippen LogP contribution in [0.2, 0.25) is 0 Å². The number of benzene rings is 4. The third kappa shape index (κ3) is 6.72. The number of aromatic nitrogens is 4. The molecular weight excluding hydrogens is 605 g/mol. The van der Waals surface area contributed by atoms with E-state index in [1.165, 1.54) is 6.07 Å². The van der Waals surface area contributed by atoms with Crippen LogP contribution in [0.4, 0.5) is 18.0 Å². The third-order valence-corrected chi connectivity index (χ3v) is 7.84. The van der Waals surface area contributed by atoms with Crippen LogP contribution in [0.25, 0.3) is 44.6 Å². The molecule has 0 saturated heterocycles. The standard InChI is InChI=1S/C37H35F3N4O3/c1-6-9-33-41-28-18-16-25(34-42-29-21-26(37(38,39)40)17-19-30(29)43(34)5)20-31(28)44(33)22-23-12-14-24(15-13-23)27-10-7-8-11-32(27)46-35(45)47-36(2,3)4/h7-8,10-21H,6,9,22H2,1-5H3. The molecule has 0 aliphatic heterocycles. The van der Waals surface area contributed by atoms with E-state index in [1.54, 1.807) is 40.0 Å². The Balaban J connectivity index is 1.32. The molecular formula is C37H35F3N4O3. The predicted molar refractivity (Wildman–Crippen MR) is 176 cm³/mol. The maximum atomic E-state index is 13.4. The number of hydrogen-bond acceptors (Lipinski definition) is 5. The van der Waals surface area contributed by atoms with Gasteiger partial charge in [-0.25, -0.2) is 14.8 Å². The lowest BCUT2D eigenvalue weighted by molar-refractivity contribution is -0.137. The summed E-state index contributed by atoms with van der Waals surface area (Å²) < 4.78 is 55.0. The zero-order valence-electron chi connectivity index (χ0n) is 26.9. The molecule has 10 heteroatoms. The van der Waals surface area contributed by atoms with E-state index in [-0.39, 0.29) is 5.52 Å². The van der Waals surface area contributed by atoms with Gasteiger partial charge in [0.2, 0.25) is 0 Å². The summed E-state index contributed by atoms with van der Waals surface area (Å²) in [5.74, 6) is 1.92. The second-order valence-electron chi connectivity index (χ2n) is 12.5. The van der Waals surface area contributed by atoms with Crippen LogP contribution < -0.4 is 4.74 Å². The highest BCUT2D eigenvalue weighted by Gasteiger charge is 2.31. The maximum absolute atomic E-state index is 13.4. The molecule has 0 aliphatic carbocycles. The van der Waals surface area contributed by atoms with Gasteiger partial charge < -0.3 is 18.6 Å². The van der Waals surface area contributed by atoms with Gasteiger partial charge in [-0.3, -0.25) is 0 Å². The minimum absolute atomic E-state index is 0.288. The molecule has 242 valence electrons. The molecule has 6 rings (SSSR count). The van der Waals surface area contributed by atoms with Crippen LogP contribution in [0.1, 0.15) is 51.1 Å². The summed E-state index contributed by atoms with van der Waals surface area (Å²) >= 11 is 0. The maximum Gasteiger partial charge on any atom is 0.514 e. The Morgan fingerprint density at radius 2 is 1.55 bits per heavy atom. The van der Waals surface area contributed by atoms with Crippen molar-refractivity contribution in [1.29, 1.82) is 0 Å². The van der Waals surface area contributed by atoms with E-state index in [1.807, 2.05) is 59.2 Å². The molecule has 0 bridgehead atoms. The average Bonchev–Trinajstić information content (AvgIpc) is 3.52. The van der Waals surface area contributed by atoms with Crippen LogP contribution in [0.15, 0.2) is 84.9 Å². The zero-order valence-corrected chi connectivity index (χ0v) is 26.9. The summed E-state index contributed by atoms with van der Waals surface area (Å²) in [5, 5.41) is 0. The van der Waals surface area contributed by atoms with Gasteiger partial charge in [-0.15, -0.1) is 0 Å². The molecule has 4 aromatic carbocycles. The van der Waals surface area contributed by atoms with Crippen molar-refractivity contribution in [3.05, 3.63) is 102 Å². The zero-order chi connectivity index (χ0) is 33.5. The van der Waals surface area contributed by atoms with E-state index in [0.29, 0.717) is 23.6 Å². The molecule has 0 spiro atoms. The molecule has 0 aliphatic rings. The highest BCUT2D eigenvalue weighted by Crippen LogP contribution is 2.34. The number of halogens is 3. The number of alkyl halides is 3. The largest absolute Gasteiger partial charge is 0.514 e. The second-order valence-corrected chi connectivity index (χ2v) is 12.5. The van der Waals surface area contributed by atoms with Gasteiger partial charge in [-0.2, -0.15) is 13.2 Å². The fourth-order valence-electron chi connectivity index (χ4n) is 5.66. The van der Waals surface area contributed by atoms with Crippen molar-refractivity contribution in [1.82, 2.24) is 19.1 Å². The van der Waals surface area contributed by atoms with E-state index < -0.39 is 23.5 Å². The SMILES string of the molecule is CCCc1nc2ccc(-c3nc4cc(C(F)(F)F)ccc4n3C)cc2n1Cc1ccc(-c2ccccc2OC(=O)OC(C)(C)C)cc1. The highest BCUT2D eigenvalue weighted by atomic mass is 19.4. The molecule has 2 heterocycles. The van der Waals surface area contributed by atoms with Crippen LogP contribution in [0.5, 0.6) is 5.75 Å². The van der Waals surface area contributed by atoms with Gasteiger partial charge in [-0.05, 0) is 80.8 Å². The van der Waals surface area contributed by atoms with Crippen LogP contribution in [-0.4, -0.2) is 30.9 Å². The first-order chi connectivity index (χ1) is 22.3. The number of para-hydroxylation sites is 1. The number of fused-ring (bicyclic) bond motifs is 2. The van der Waals surface area contributed by atoms with Crippen molar-refractivity contribution in [2.45, 2.75) is 58.9 Å². The summed E-state index contributed by atoms with van der Waals surface area (Å²) in [6.07, 6.45) is -3.51. The first-order valence-electron chi connectivity index (χ1n) is 15.4. The van der Waals surface area contributed by atoms with Crippen molar-refractivity contribution < 1.29 is 27.4 Å². The first kappa shape index (κ1) is 31.8. The monoisotopic (exact) mass is 640 g/mol.